The molecular weight excluding hydrogens is 380 g/mol. The van der Waals surface area contributed by atoms with Crippen molar-refractivity contribution in [3.05, 3.63) is 89.8 Å². The number of aliphatic hydroxyl groups excluding tert-OH is 1. The van der Waals surface area contributed by atoms with Crippen LogP contribution in [0.15, 0.2) is 73.1 Å². The maximum Gasteiger partial charge on any atom is 0.295 e. The van der Waals surface area contributed by atoms with E-state index in [0.29, 0.717) is 25.1 Å². The van der Waals surface area contributed by atoms with Crippen LogP contribution in [0.25, 0.3) is 5.76 Å². The van der Waals surface area contributed by atoms with Crippen molar-refractivity contribution in [2.24, 2.45) is 0 Å². The Morgan fingerprint density at radius 1 is 1.00 bits per heavy atom. The van der Waals surface area contributed by atoms with Crippen LogP contribution in [0.5, 0.6) is 0 Å². The van der Waals surface area contributed by atoms with E-state index in [1.165, 1.54) is 4.90 Å². The number of hydrogen-bond donors (Lipinski definition) is 1. The molecule has 0 radical (unpaired) electrons. The fraction of sp³-hybridized carbons (Fsp3) is 0.217. The van der Waals surface area contributed by atoms with Gasteiger partial charge in [-0.3, -0.25) is 14.6 Å². The molecule has 30 heavy (non-hydrogen) atoms. The van der Waals surface area contributed by atoms with Crippen LogP contribution in [0, 0.1) is 6.92 Å². The van der Waals surface area contributed by atoms with Crippen LogP contribution in [0.1, 0.15) is 29.2 Å². The van der Waals surface area contributed by atoms with Crippen molar-refractivity contribution in [2.75, 3.05) is 6.54 Å². The number of imidazole rings is 1. The van der Waals surface area contributed by atoms with Gasteiger partial charge in [-0.15, -0.1) is 0 Å². The van der Waals surface area contributed by atoms with Crippen molar-refractivity contribution in [1.29, 1.82) is 0 Å². The van der Waals surface area contributed by atoms with Crippen molar-refractivity contribution in [3.63, 3.8) is 0 Å². The number of ketones is 1. The average molecular weight is 402 g/mol. The van der Waals surface area contributed by atoms with Crippen molar-refractivity contribution in [1.82, 2.24) is 19.4 Å². The van der Waals surface area contributed by atoms with Crippen LogP contribution in [0.3, 0.4) is 0 Å². The van der Waals surface area contributed by atoms with Crippen molar-refractivity contribution in [2.45, 2.75) is 25.9 Å². The summed E-state index contributed by atoms with van der Waals surface area (Å²) in [6.45, 7) is 2.99. The molecule has 1 saturated heterocycles. The van der Waals surface area contributed by atoms with E-state index in [1.807, 2.05) is 29.8 Å². The minimum absolute atomic E-state index is 0.109. The number of rotatable bonds is 6. The van der Waals surface area contributed by atoms with Crippen molar-refractivity contribution in [3.8, 4) is 0 Å². The molecule has 0 spiro atoms. The third-order valence-corrected chi connectivity index (χ3v) is 5.26. The van der Waals surface area contributed by atoms with Crippen molar-refractivity contribution >= 4 is 17.4 Å². The Morgan fingerprint density at radius 2 is 1.73 bits per heavy atom. The Hall–Kier alpha value is -3.74. The first-order valence-electron chi connectivity index (χ1n) is 9.77. The number of aliphatic hydroxyl groups is 1. The predicted molar refractivity (Wildman–Crippen MR) is 111 cm³/mol. The predicted octanol–water partition coefficient (Wildman–Crippen LogP) is 3.10. The third-order valence-electron chi connectivity index (χ3n) is 5.26. The molecule has 152 valence electrons. The summed E-state index contributed by atoms with van der Waals surface area (Å²) >= 11 is 0. The molecule has 1 aliphatic heterocycles. The number of carbonyl (C=O) groups excluding carboxylic acids is 2. The smallest absolute Gasteiger partial charge is 0.295 e. The third kappa shape index (κ3) is 3.74. The molecule has 3 heterocycles. The fourth-order valence-electron chi connectivity index (χ4n) is 3.71. The largest absolute Gasteiger partial charge is 0.507 e. The number of benzene rings is 1. The number of likely N-dealkylation sites (tertiary alicyclic amines) is 1. The number of carbonyl (C=O) groups is 2. The van der Waals surface area contributed by atoms with E-state index in [4.69, 9.17) is 0 Å². The van der Waals surface area contributed by atoms with E-state index in [-0.39, 0.29) is 11.3 Å². The zero-order chi connectivity index (χ0) is 21.1. The van der Waals surface area contributed by atoms with Crippen LogP contribution < -0.4 is 0 Å². The second-order valence-corrected chi connectivity index (χ2v) is 7.29. The van der Waals surface area contributed by atoms with E-state index >= 15 is 0 Å². The quantitative estimate of drug-likeness (QED) is 0.389. The maximum absolute atomic E-state index is 12.9. The summed E-state index contributed by atoms with van der Waals surface area (Å²) in [7, 11) is 0. The van der Waals surface area contributed by atoms with E-state index in [1.54, 1.807) is 49.2 Å². The normalized spacial score (nSPS) is 18.2. The van der Waals surface area contributed by atoms with Gasteiger partial charge < -0.3 is 14.6 Å². The summed E-state index contributed by atoms with van der Waals surface area (Å²) in [5, 5.41) is 11.0. The first kappa shape index (κ1) is 19.6. The summed E-state index contributed by atoms with van der Waals surface area (Å²) < 4.78 is 1.92. The summed E-state index contributed by atoms with van der Waals surface area (Å²) in [5.74, 6) is -1.43. The molecule has 3 aromatic rings. The summed E-state index contributed by atoms with van der Waals surface area (Å²) in [5.41, 5.74) is 2.39. The molecular formula is C23H22N4O3. The SMILES string of the molecule is Cc1ccc(C(O)=C2C(=O)C(=O)N(CCCn3ccnc3)[C@H]2c2ccncc2)cc1. The van der Waals surface area contributed by atoms with Crippen molar-refractivity contribution < 1.29 is 14.7 Å². The van der Waals surface area contributed by atoms with Gasteiger partial charge in [-0.05, 0) is 31.0 Å². The molecule has 1 atom stereocenters. The van der Waals surface area contributed by atoms with Gasteiger partial charge in [0.15, 0.2) is 0 Å². The fourth-order valence-corrected chi connectivity index (χ4v) is 3.71. The topological polar surface area (TPSA) is 88.3 Å². The molecule has 0 aliphatic carbocycles. The number of pyridine rings is 1. The van der Waals surface area contributed by atoms with Gasteiger partial charge >= 0.3 is 0 Å². The van der Waals surface area contributed by atoms with Gasteiger partial charge in [0.25, 0.3) is 11.7 Å². The minimum Gasteiger partial charge on any atom is -0.507 e. The highest BCUT2D eigenvalue weighted by atomic mass is 16.3. The van der Waals surface area contributed by atoms with Gasteiger partial charge in [0.2, 0.25) is 0 Å². The van der Waals surface area contributed by atoms with Gasteiger partial charge in [0.05, 0.1) is 17.9 Å². The van der Waals surface area contributed by atoms with Crippen LogP contribution in [-0.2, 0) is 16.1 Å². The number of amides is 1. The lowest BCUT2D eigenvalue weighted by molar-refractivity contribution is -0.139. The van der Waals surface area contributed by atoms with Crippen LogP contribution >= 0.6 is 0 Å². The molecule has 4 rings (SSSR count). The Bertz CT molecular complexity index is 1070. The Balaban J connectivity index is 1.71. The van der Waals surface area contributed by atoms with E-state index in [9.17, 15) is 14.7 Å². The standard InChI is InChI=1S/C23H22N4O3/c1-16-3-5-18(6-4-16)21(28)19-20(17-7-9-24-10-8-17)27(23(30)22(19)29)13-2-12-26-14-11-25-15-26/h3-11,14-15,20,28H,2,12-13H2,1H3/t20-/m0/s1. The number of aromatic nitrogens is 3. The summed E-state index contributed by atoms with van der Waals surface area (Å²) in [6, 6.07) is 10.1. The zero-order valence-corrected chi connectivity index (χ0v) is 16.6. The number of aryl methyl sites for hydroxylation is 2. The van der Waals surface area contributed by atoms with E-state index in [0.717, 1.165) is 11.1 Å². The number of nitrogens with zero attached hydrogens (tertiary/aromatic N) is 4. The first-order chi connectivity index (χ1) is 14.6. The lowest BCUT2D eigenvalue weighted by atomic mass is 9.95. The Morgan fingerprint density at radius 3 is 2.40 bits per heavy atom. The van der Waals surface area contributed by atoms with Crippen LogP contribution in [0.4, 0.5) is 0 Å². The van der Waals surface area contributed by atoms with E-state index < -0.39 is 17.7 Å². The highest BCUT2D eigenvalue weighted by molar-refractivity contribution is 6.46. The molecule has 7 heteroatoms. The Labute approximate surface area is 174 Å². The molecule has 0 bridgehead atoms. The van der Waals surface area contributed by atoms with Gasteiger partial charge in [0.1, 0.15) is 5.76 Å². The molecule has 1 aromatic carbocycles. The number of Topliss-reactive ketones (excluding diaryl/α,β-unsaturated/α-hetero) is 1. The average Bonchev–Trinajstić information content (AvgIpc) is 3.37. The molecule has 1 N–H and O–H groups in total. The zero-order valence-electron chi connectivity index (χ0n) is 16.6. The molecule has 0 saturated carbocycles. The minimum atomic E-state index is -0.669. The summed E-state index contributed by atoms with van der Waals surface area (Å²) in [6.07, 6.45) is 9.15. The lowest BCUT2D eigenvalue weighted by Gasteiger charge is -2.25. The van der Waals surface area contributed by atoms with Gasteiger partial charge in [0, 0.05) is 43.4 Å². The first-order valence-corrected chi connectivity index (χ1v) is 9.77. The Kier molecular flexibility index (Phi) is 5.43. The van der Waals surface area contributed by atoms with Gasteiger partial charge in [-0.25, -0.2) is 4.98 Å². The lowest BCUT2D eigenvalue weighted by Crippen LogP contribution is -2.31. The molecule has 1 amide bonds. The second kappa shape index (κ2) is 8.32. The van der Waals surface area contributed by atoms with Gasteiger partial charge in [-0.1, -0.05) is 29.8 Å². The van der Waals surface area contributed by atoms with Crippen LogP contribution in [-0.4, -0.2) is 42.8 Å². The number of hydrogen-bond acceptors (Lipinski definition) is 5. The van der Waals surface area contributed by atoms with Crippen LogP contribution in [0.2, 0.25) is 0 Å². The maximum atomic E-state index is 12.9. The highest BCUT2D eigenvalue weighted by Gasteiger charge is 2.45. The van der Waals surface area contributed by atoms with E-state index in [2.05, 4.69) is 9.97 Å². The molecule has 1 fully saturated rings. The summed E-state index contributed by atoms with van der Waals surface area (Å²) in [4.78, 5) is 35.4. The van der Waals surface area contributed by atoms with Gasteiger partial charge in [-0.2, -0.15) is 0 Å². The second-order valence-electron chi connectivity index (χ2n) is 7.29. The molecule has 7 nitrogen and oxygen atoms in total. The highest BCUT2D eigenvalue weighted by Crippen LogP contribution is 2.39. The molecule has 2 aromatic heterocycles. The molecule has 0 unspecified atom stereocenters. The monoisotopic (exact) mass is 402 g/mol. The molecule has 1 aliphatic rings.